The summed E-state index contributed by atoms with van der Waals surface area (Å²) in [6.45, 7) is 0.793. The molecule has 0 aliphatic carbocycles. The maximum absolute atomic E-state index is 13.7. The predicted molar refractivity (Wildman–Crippen MR) is 174 cm³/mol. The van der Waals surface area contributed by atoms with E-state index in [1.807, 2.05) is 0 Å². The van der Waals surface area contributed by atoms with Crippen LogP contribution in [-0.2, 0) is 18.8 Å². The first-order valence-electron chi connectivity index (χ1n) is 14.3. The lowest BCUT2D eigenvalue weighted by Gasteiger charge is -2.11. The van der Waals surface area contributed by atoms with Crippen molar-refractivity contribution in [3.8, 4) is 23.0 Å². The van der Waals surface area contributed by atoms with E-state index in [2.05, 4.69) is 29.9 Å². The molecule has 0 atom stereocenters. The Bertz CT molecular complexity index is 2040. The van der Waals surface area contributed by atoms with E-state index >= 15 is 0 Å². The minimum atomic E-state index is -3.00. The monoisotopic (exact) mass is 704 g/mol. The fourth-order valence-electron chi connectivity index (χ4n) is 4.21. The van der Waals surface area contributed by atoms with Gasteiger partial charge in [0.15, 0.2) is 23.1 Å². The van der Waals surface area contributed by atoms with E-state index in [0.717, 1.165) is 6.92 Å². The lowest BCUT2D eigenvalue weighted by Crippen LogP contribution is -2.10. The van der Waals surface area contributed by atoms with Gasteiger partial charge in [0.25, 0.3) is 5.92 Å². The molecule has 0 unspecified atom stereocenters. The quantitative estimate of drug-likeness (QED) is 0.122. The average molecular weight is 705 g/mol. The first-order valence-corrected chi connectivity index (χ1v) is 15.5. The molecule has 0 spiro atoms. The van der Waals surface area contributed by atoms with E-state index in [0.29, 0.717) is 27.3 Å². The van der Waals surface area contributed by atoms with Gasteiger partial charge in [0.1, 0.15) is 35.0 Å². The summed E-state index contributed by atoms with van der Waals surface area (Å²) in [5, 5.41) is 2.78. The Morgan fingerprint density at radius 2 is 1.35 bits per heavy atom. The van der Waals surface area contributed by atoms with Gasteiger partial charge >= 0.3 is 0 Å². The molecule has 0 radical (unpaired) electrons. The third-order valence-corrected chi connectivity index (χ3v) is 7.39. The van der Waals surface area contributed by atoms with Crippen molar-refractivity contribution in [2.24, 2.45) is 0 Å². The Balaban J connectivity index is 0.000000195. The SMILES string of the molecule is CC(F)(F)c1ccnc(CC(=O)c2cc(Cl)cc(Oc3cncnc3)c2)c1.O=C(Cc1nccs1)c1cc(F)cc(Oc2cncnc2)c1. The van der Waals surface area contributed by atoms with Crippen LogP contribution in [0.25, 0.3) is 0 Å². The number of halogens is 4. The first-order chi connectivity index (χ1) is 23.5. The maximum Gasteiger partial charge on any atom is 0.270 e. The van der Waals surface area contributed by atoms with Crippen LogP contribution < -0.4 is 9.47 Å². The molecule has 0 bridgehead atoms. The normalized spacial score (nSPS) is 10.9. The van der Waals surface area contributed by atoms with Crippen molar-refractivity contribution in [1.29, 1.82) is 0 Å². The van der Waals surface area contributed by atoms with Crippen molar-refractivity contribution in [2.75, 3.05) is 0 Å². The summed E-state index contributed by atoms with van der Waals surface area (Å²) in [6.07, 6.45) is 11.4. The molecule has 49 heavy (non-hydrogen) atoms. The molecule has 0 N–H and O–H groups in total. The van der Waals surface area contributed by atoms with Crippen LogP contribution in [0.1, 0.15) is 43.9 Å². The lowest BCUT2D eigenvalue weighted by atomic mass is 10.0. The molecule has 2 aromatic carbocycles. The van der Waals surface area contributed by atoms with Crippen LogP contribution in [0.4, 0.5) is 13.2 Å². The zero-order chi connectivity index (χ0) is 34.8. The summed E-state index contributed by atoms with van der Waals surface area (Å²) in [5.74, 6) is -2.78. The summed E-state index contributed by atoms with van der Waals surface area (Å²) in [5.41, 5.74) is 0.573. The number of thiazole rings is 1. The molecule has 15 heteroatoms. The number of hydrogen-bond acceptors (Lipinski definition) is 11. The highest BCUT2D eigenvalue weighted by Crippen LogP contribution is 2.29. The maximum atomic E-state index is 13.7. The molecular formula is C34H24ClF3N6O4S. The minimum Gasteiger partial charge on any atom is -0.454 e. The van der Waals surface area contributed by atoms with Crippen LogP contribution in [0, 0.1) is 5.82 Å². The Kier molecular flexibility index (Phi) is 11.3. The summed E-state index contributed by atoms with van der Waals surface area (Å²) in [4.78, 5) is 48.1. The molecule has 0 amide bonds. The zero-order valence-corrected chi connectivity index (χ0v) is 27.0. The second-order valence-corrected chi connectivity index (χ2v) is 11.7. The van der Waals surface area contributed by atoms with Gasteiger partial charge in [-0.1, -0.05) is 11.6 Å². The van der Waals surface area contributed by atoms with Gasteiger partial charge in [-0.05, 0) is 42.5 Å². The fraction of sp³-hybridized carbons (Fsp3) is 0.118. The molecule has 0 fully saturated rings. The molecule has 6 aromatic rings. The number of carbonyl (C=O) groups excluding carboxylic acids is 2. The highest BCUT2D eigenvalue weighted by Gasteiger charge is 2.25. The largest absolute Gasteiger partial charge is 0.454 e. The molecule has 248 valence electrons. The van der Waals surface area contributed by atoms with E-state index in [4.69, 9.17) is 21.1 Å². The lowest BCUT2D eigenvalue weighted by molar-refractivity contribution is 0.0172. The standard InChI is InChI=1S/C19H14ClF2N3O2.C15H10FN3O2S/c1-19(21,22)13-2-3-25-15(6-13)8-18(26)12-4-14(20)7-16(5-12)27-17-9-23-11-24-10-17;16-11-3-10(14(20)6-15-19-1-2-22-15)4-12(5-11)21-13-7-17-9-18-8-13/h2-7,9-11H,8H2,1H3;1-5,7-9H,6H2. The van der Waals surface area contributed by atoms with Gasteiger partial charge in [0.2, 0.25) is 0 Å². The number of alkyl halides is 2. The van der Waals surface area contributed by atoms with Crippen LogP contribution in [0.2, 0.25) is 5.02 Å². The van der Waals surface area contributed by atoms with Gasteiger partial charge < -0.3 is 9.47 Å². The van der Waals surface area contributed by atoms with Gasteiger partial charge in [-0.25, -0.2) is 38.1 Å². The van der Waals surface area contributed by atoms with Gasteiger partial charge in [-0.15, -0.1) is 11.3 Å². The van der Waals surface area contributed by atoms with Gasteiger partial charge in [-0.3, -0.25) is 14.6 Å². The second kappa shape index (κ2) is 16.0. The summed E-state index contributed by atoms with van der Waals surface area (Å²) >= 11 is 7.45. The predicted octanol–water partition coefficient (Wildman–Crippen LogP) is 8.14. The highest BCUT2D eigenvalue weighted by molar-refractivity contribution is 7.09. The van der Waals surface area contributed by atoms with E-state index in [-0.39, 0.29) is 52.5 Å². The van der Waals surface area contributed by atoms with Crippen LogP contribution >= 0.6 is 22.9 Å². The third-order valence-electron chi connectivity index (χ3n) is 6.39. The van der Waals surface area contributed by atoms with E-state index in [1.165, 1.54) is 97.4 Å². The number of hydrogen-bond donors (Lipinski definition) is 0. The number of ketones is 2. The summed E-state index contributed by atoms with van der Waals surface area (Å²) in [7, 11) is 0. The summed E-state index contributed by atoms with van der Waals surface area (Å²) < 4.78 is 51.6. The van der Waals surface area contributed by atoms with Gasteiger partial charge in [-0.2, -0.15) is 0 Å². The van der Waals surface area contributed by atoms with Crippen LogP contribution in [-0.4, -0.2) is 41.5 Å². The van der Waals surface area contributed by atoms with Crippen molar-refractivity contribution in [3.63, 3.8) is 0 Å². The molecule has 10 nitrogen and oxygen atoms in total. The molecule has 0 aliphatic rings. The number of rotatable bonds is 11. The van der Waals surface area contributed by atoms with E-state index in [9.17, 15) is 22.8 Å². The van der Waals surface area contributed by atoms with Crippen molar-refractivity contribution in [3.05, 3.63) is 142 Å². The average Bonchev–Trinajstić information content (AvgIpc) is 3.58. The van der Waals surface area contributed by atoms with Crippen molar-refractivity contribution >= 4 is 34.5 Å². The Labute approximate surface area is 286 Å². The van der Waals surface area contributed by atoms with Crippen LogP contribution in [0.15, 0.2) is 104 Å². The van der Waals surface area contributed by atoms with Crippen LogP contribution in [0.3, 0.4) is 0 Å². The number of pyridine rings is 1. The molecule has 0 saturated carbocycles. The number of ether oxygens (including phenoxy) is 2. The van der Waals surface area contributed by atoms with E-state index < -0.39 is 11.7 Å². The molecule has 0 saturated heterocycles. The summed E-state index contributed by atoms with van der Waals surface area (Å²) in [6, 6.07) is 10.9. The van der Waals surface area contributed by atoms with Gasteiger partial charge in [0, 0.05) is 58.2 Å². The van der Waals surface area contributed by atoms with Crippen molar-refractivity contribution in [2.45, 2.75) is 25.7 Å². The van der Waals surface area contributed by atoms with Crippen molar-refractivity contribution < 1.29 is 32.2 Å². The zero-order valence-electron chi connectivity index (χ0n) is 25.5. The third kappa shape index (κ3) is 10.4. The molecule has 0 aliphatic heterocycles. The molecule has 4 aromatic heterocycles. The smallest absolute Gasteiger partial charge is 0.270 e. The second-order valence-electron chi connectivity index (χ2n) is 10.3. The Morgan fingerprint density at radius 1 is 0.755 bits per heavy atom. The topological polar surface area (TPSA) is 130 Å². The van der Waals surface area contributed by atoms with Crippen molar-refractivity contribution in [1.82, 2.24) is 29.9 Å². The number of nitrogens with zero attached hydrogens (tertiary/aromatic N) is 6. The fourth-order valence-corrected chi connectivity index (χ4v) is 5.05. The first kappa shape index (κ1) is 34.7. The van der Waals surface area contributed by atoms with Crippen LogP contribution in [0.5, 0.6) is 23.0 Å². The van der Waals surface area contributed by atoms with E-state index in [1.54, 1.807) is 17.6 Å². The molecule has 6 rings (SSSR count). The number of carbonyl (C=O) groups is 2. The molecular weight excluding hydrogens is 681 g/mol. The number of benzene rings is 2. The minimum absolute atomic E-state index is 0.134. The number of Topliss-reactive ketones (excluding diaryl/α,β-unsaturated/α-hetero) is 2. The van der Waals surface area contributed by atoms with Gasteiger partial charge in [0.05, 0.1) is 37.6 Å². The Morgan fingerprint density at radius 3 is 1.94 bits per heavy atom. The Hall–Kier alpha value is -5.60. The number of aromatic nitrogens is 6. The molecule has 4 heterocycles. The highest BCUT2D eigenvalue weighted by atomic mass is 35.5.